The summed E-state index contributed by atoms with van der Waals surface area (Å²) in [6, 6.07) is 6.56. The monoisotopic (exact) mass is 249 g/mol. The van der Waals surface area contributed by atoms with E-state index < -0.39 is 0 Å². The third kappa shape index (κ3) is 3.47. The molecule has 0 amide bonds. The summed E-state index contributed by atoms with van der Waals surface area (Å²) in [4.78, 5) is 0. The molecule has 1 N–H and O–H groups in total. The van der Waals surface area contributed by atoms with Crippen molar-refractivity contribution in [3.05, 3.63) is 29.3 Å². The van der Waals surface area contributed by atoms with Crippen LogP contribution in [0.2, 0.25) is 0 Å². The quantitative estimate of drug-likeness (QED) is 0.813. The van der Waals surface area contributed by atoms with E-state index in [-0.39, 0.29) is 0 Å². The van der Waals surface area contributed by atoms with Gasteiger partial charge in [-0.3, -0.25) is 0 Å². The van der Waals surface area contributed by atoms with Crippen LogP contribution < -0.4 is 10.1 Å². The molecule has 1 aromatic rings. The first-order chi connectivity index (χ1) is 8.81. The molecule has 0 atom stereocenters. The first-order valence-corrected chi connectivity index (χ1v) is 6.74. The van der Waals surface area contributed by atoms with Gasteiger partial charge in [0.15, 0.2) is 0 Å². The van der Waals surface area contributed by atoms with Crippen LogP contribution in [0, 0.1) is 6.92 Å². The molecule has 2 rings (SSSR count). The van der Waals surface area contributed by atoms with E-state index in [1.54, 1.807) is 7.11 Å². The minimum absolute atomic E-state index is 0.623. The van der Waals surface area contributed by atoms with E-state index in [0.717, 1.165) is 18.8 Å². The Morgan fingerprint density at radius 1 is 1.22 bits per heavy atom. The van der Waals surface area contributed by atoms with Gasteiger partial charge < -0.3 is 14.8 Å². The maximum atomic E-state index is 5.87. The highest BCUT2D eigenvalue weighted by Gasteiger charge is 2.18. The number of hydrogen-bond donors (Lipinski definition) is 1. The Hall–Kier alpha value is -1.06. The first kappa shape index (κ1) is 13.4. The number of ether oxygens (including phenoxy) is 2. The fraction of sp³-hybridized carbons (Fsp3) is 0.600. The lowest BCUT2D eigenvalue weighted by atomic mass is 9.89. The second-order valence-corrected chi connectivity index (χ2v) is 4.91. The van der Waals surface area contributed by atoms with E-state index >= 15 is 0 Å². The van der Waals surface area contributed by atoms with Crippen LogP contribution >= 0.6 is 0 Å². The molecule has 1 aliphatic heterocycles. The Bertz CT molecular complexity index is 373. The van der Waals surface area contributed by atoms with Crippen molar-refractivity contribution in [3.8, 4) is 5.75 Å². The van der Waals surface area contributed by atoms with Crippen molar-refractivity contribution in [3.63, 3.8) is 0 Å². The first-order valence-electron chi connectivity index (χ1n) is 6.74. The Morgan fingerprint density at radius 2 is 2.00 bits per heavy atom. The smallest absolute Gasteiger partial charge is 0.123 e. The van der Waals surface area contributed by atoms with E-state index in [0.29, 0.717) is 19.1 Å². The van der Waals surface area contributed by atoms with E-state index in [1.807, 2.05) is 0 Å². The summed E-state index contributed by atoms with van der Waals surface area (Å²) in [7, 11) is 1.70. The fourth-order valence-electron chi connectivity index (χ4n) is 2.47. The zero-order chi connectivity index (χ0) is 12.8. The van der Waals surface area contributed by atoms with Crippen LogP contribution in [0.1, 0.15) is 29.9 Å². The van der Waals surface area contributed by atoms with E-state index in [4.69, 9.17) is 9.47 Å². The highest BCUT2D eigenvalue weighted by Crippen LogP contribution is 2.33. The van der Waals surface area contributed by atoms with Gasteiger partial charge in [-0.05, 0) is 56.0 Å². The topological polar surface area (TPSA) is 30.5 Å². The molecular formula is C15H23NO2. The fourth-order valence-corrected chi connectivity index (χ4v) is 2.47. The number of methoxy groups -OCH3 is 1. The third-order valence-corrected chi connectivity index (χ3v) is 3.49. The molecule has 1 heterocycles. The van der Waals surface area contributed by atoms with Crippen molar-refractivity contribution in [2.75, 3.05) is 33.4 Å². The molecule has 0 saturated carbocycles. The predicted molar refractivity (Wildman–Crippen MR) is 73.4 cm³/mol. The Balaban J connectivity index is 2.11. The molecule has 0 bridgehead atoms. The van der Waals surface area contributed by atoms with Gasteiger partial charge >= 0.3 is 0 Å². The Labute approximate surface area is 109 Å². The molecular weight excluding hydrogens is 226 g/mol. The van der Waals surface area contributed by atoms with Gasteiger partial charge in [0, 0.05) is 7.11 Å². The summed E-state index contributed by atoms with van der Waals surface area (Å²) >= 11 is 0. The summed E-state index contributed by atoms with van der Waals surface area (Å²) in [5.41, 5.74) is 2.61. The van der Waals surface area contributed by atoms with E-state index in [1.165, 1.54) is 24.0 Å². The average molecular weight is 249 g/mol. The van der Waals surface area contributed by atoms with Gasteiger partial charge in [-0.25, -0.2) is 0 Å². The van der Waals surface area contributed by atoms with Gasteiger partial charge in [-0.15, -0.1) is 0 Å². The van der Waals surface area contributed by atoms with Crippen LogP contribution in [0.4, 0.5) is 0 Å². The van der Waals surface area contributed by atoms with E-state index in [9.17, 15) is 0 Å². The van der Waals surface area contributed by atoms with Gasteiger partial charge in [0.1, 0.15) is 12.4 Å². The largest absolute Gasteiger partial charge is 0.491 e. The summed E-state index contributed by atoms with van der Waals surface area (Å²) in [5, 5.41) is 3.41. The van der Waals surface area contributed by atoms with Crippen molar-refractivity contribution >= 4 is 0 Å². The van der Waals surface area contributed by atoms with Crippen LogP contribution in [0.5, 0.6) is 5.75 Å². The van der Waals surface area contributed by atoms with Crippen LogP contribution in [0.3, 0.4) is 0 Å². The highest BCUT2D eigenvalue weighted by atomic mass is 16.5. The maximum Gasteiger partial charge on any atom is 0.123 e. The number of benzene rings is 1. The summed E-state index contributed by atoms with van der Waals surface area (Å²) in [6.45, 7) is 5.58. The second-order valence-electron chi connectivity index (χ2n) is 4.91. The SMILES string of the molecule is COCCOc1cc(C)ccc1C1CCNCC1. The molecule has 0 aliphatic carbocycles. The number of rotatable bonds is 5. The minimum atomic E-state index is 0.623. The number of aryl methyl sites for hydroxylation is 1. The van der Waals surface area contributed by atoms with Crippen LogP contribution in [0.25, 0.3) is 0 Å². The summed E-state index contributed by atoms with van der Waals surface area (Å²) < 4.78 is 10.9. The van der Waals surface area contributed by atoms with Gasteiger partial charge in [0.05, 0.1) is 6.61 Å². The third-order valence-electron chi connectivity index (χ3n) is 3.49. The second kappa shape index (κ2) is 6.76. The Kier molecular flexibility index (Phi) is 5.02. The summed E-state index contributed by atoms with van der Waals surface area (Å²) in [5.74, 6) is 1.67. The average Bonchev–Trinajstić information content (AvgIpc) is 2.40. The lowest BCUT2D eigenvalue weighted by Gasteiger charge is -2.25. The van der Waals surface area contributed by atoms with Crippen LogP contribution in [-0.4, -0.2) is 33.4 Å². The molecule has 1 aliphatic rings. The van der Waals surface area contributed by atoms with Gasteiger partial charge in [0.25, 0.3) is 0 Å². The molecule has 1 saturated heterocycles. The zero-order valence-corrected chi connectivity index (χ0v) is 11.4. The van der Waals surface area contributed by atoms with Crippen LogP contribution in [-0.2, 0) is 4.74 Å². The molecule has 0 aromatic heterocycles. The predicted octanol–water partition coefficient (Wildman–Crippen LogP) is 2.49. The van der Waals surface area contributed by atoms with Crippen molar-refractivity contribution in [1.82, 2.24) is 5.32 Å². The molecule has 3 heteroatoms. The molecule has 100 valence electrons. The van der Waals surface area contributed by atoms with E-state index in [2.05, 4.69) is 30.4 Å². The van der Waals surface area contributed by atoms with Crippen LogP contribution in [0.15, 0.2) is 18.2 Å². The van der Waals surface area contributed by atoms with Gasteiger partial charge in [-0.1, -0.05) is 12.1 Å². The zero-order valence-electron chi connectivity index (χ0n) is 11.4. The lowest BCUT2D eigenvalue weighted by Crippen LogP contribution is -2.27. The minimum Gasteiger partial charge on any atom is -0.491 e. The lowest BCUT2D eigenvalue weighted by molar-refractivity contribution is 0.145. The van der Waals surface area contributed by atoms with Crippen molar-refractivity contribution in [2.24, 2.45) is 0 Å². The van der Waals surface area contributed by atoms with Gasteiger partial charge in [0.2, 0.25) is 0 Å². The molecule has 3 nitrogen and oxygen atoms in total. The standard InChI is InChI=1S/C15H23NO2/c1-12-3-4-14(13-5-7-16-8-6-13)15(11-12)18-10-9-17-2/h3-4,11,13,16H,5-10H2,1-2H3. The number of hydrogen-bond acceptors (Lipinski definition) is 3. The Morgan fingerprint density at radius 3 is 2.72 bits per heavy atom. The molecule has 0 unspecified atom stereocenters. The van der Waals surface area contributed by atoms with Gasteiger partial charge in [-0.2, -0.15) is 0 Å². The number of piperidine rings is 1. The van der Waals surface area contributed by atoms with Crippen molar-refractivity contribution in [2.45, 2.75) is 25.7 Å². The maximum absolute atomic E-state index is 5.87. The number of nitrogens with one attached hydrogen (secondary N) is 1. The molecule has 18 heavy (non-hydrogen) atoms. The molecule has 1 fully saturated rings. The van der Waals surface area contributed by atoms with Crippen molar-refractivity contribution in [1.29, 1.82) is 0 Å². The van der Waals surface area contributed by atoms with Crippen molar-refractivity contribution < 1.29 is 9.47 Å². The highest BCUT2D eigenvalue weighted by molar-refractivity contribution is 5.39. The molecule has 0 radical (unpaired) electrons. The molecule has 0 spiro atoms. The normalized spacial score (nSPS) is 16.8. The molecule has 1 aromatic carbocycles. The summed E-state index contributed by atoms with van der Waals surface area (Å²) in [6.07, 6.45) is 2.40.